The fourth-order valence-electron chi connectivity index (χ4n) is 4.08. The maximum Gasteiger partial charge on any atom is 0.258 e. The fraction of sp³-hybridized carbons (Fsp3) is 0.280. The molecule has 0 spiro atoms. The van der Waals surface area contributed by atoms with Gasteiger partial charge in [0.1, 0.15) is 0 Å². The first-order valence-electron chi connectivity index (χ1n) is 11.1. The van der Waals surface area contributed by atoms with Crippen molar-refractivity contribution in [1.82, 2.24) is 29.5 Å². The van der Waals surface area contributed by atoms with E-state index in [0.29, 0.717) is 11.5 Å². The molecule has 1 saturated heterocycles. The Hall–Kier alpha value is -3.62. The van der Waals surface area contributed by atoms with Crippen LogP contribution < -0.4 is 5.32 Å². The standard InChI is InChI=1S/C25H27N7O/c1-30-8-10-32(11-9-30)16-18-4-3-5-20(12-18)24(33)29-25-26-14-21-7-6-19(13-23(21)28-25)22-15-27-31(2)17-22/h3-7,12-15,17H,8-11,16H2,1-2H3,(H,26,28,29,33). The van der Waals surface area contributed by atoms with Gasteiger partial charge in [-0.15, -0.1) is 0 Å². The maximum absolute atomic E-state index is 12.9. The summed E-state index contributed by atoms with van der Waals surface area (Å²) in [5, 5.41) is 8.00. The minimum absolute atomic E-state index is 0.210. The van der Waals surface area contributed by atoms with Gasteiger partial charge < -0.3 is 4.90 Å². The lowest BCUT2D eigenvalue weighted by atomic mass is 10.1. The highest BCUT2D eigenvalue weighted by Crippen LogP contribution is 2.23. The second kappa shape index (κ2) is 9.09. The first-order chi connectivity index (χ1) is 16.0. The van der Waals surface area contributed by atoms with E-state index in [4.69, 9.17) is 0 Å². The first-order valence-corrected chi connectivity index (χ1v) is 11.1. The van der Waals surface area contributed by atoms with Gasteiger partial charge in [0.2, 0.25) is 5.95 Å². The average Bonchev–Trinajstić information content (AvgIpc) is 3.26. The lowest BCUT2D eigenvalue weighted by Crippen LogP contribution is -2.43. The molecule has 168 valence electrons. The number of benzene rings is 2. The summed E-state index contributed by atoms with van der Waals surface area (Å²) in [6.45, 7) is 5.07. The summed E-state index contributed by atoms with van der Waals surface area (Å²) in [5.74, 6) is 0.0818. The van der Waals surface area contributed by atoms with Crippen molar-refractivity contribution in [2.45, 2.75) is 6.54 Å². The van der Waals surface area contributed by atoms with Crippen LogP contribution in [-0.2, 0) is 13.6 Å². The van der Waals surface area contributed by atoms with Crippen LogP contribution in [0.25, 0.3) is 22.0 Å². The highest BCUT2D eigenvalue weighted by molar-refractivity contribution is 6.03. The van der Waals surface area contributed by atoms with Crippen LogP contribution in [0.15, 0.2) is 61.1 Å². The van der Waals surface area contributed by atoms with Crippen molar-refractivity contribution in [3.05, 3.63) is 72.2 Å². The summed E-state index contributed by atoms with van der Waals surface area (Å²) in [7, 11) is 4.04. The number of carbonyl (C=O) groups is 1. The van der Waals surface area contributed by atoms with E-state index in [1.54, 1.807) is 10.9 Å². The molecule has 0 atom stereocenters. The molecule has 0 aliphatic carbocycles. The van der Waals surface area contributed by atoms with Crippen molar-refractivity contribution in [1.29, 1.82) is 0 Å². The molecular weight excluding hydrogens is 414 g/mol. The van der Waals surface area contributed by atoms with E-state index in [-0.39, 0.29) is 5.91 Å². The number of rotatable bonds is 5. The van der Waals surface area contributed by atoms with Crippen LogP contribution in [0.1, 0.15) is 15.9 Å². The Kier molecular flexibility index (Phi) is 5.85. The summed E-state index contributed by atoms with van der Waals surface area (Å²) >= 11 is 0. The monoisotopic (exact) mass is 441 g/mol. The van der Waals surface area contributed by atoms with Crippen LogP contribution in [0.2, 0.25) is 0 Å². The lowest BCUT2D eigenvalue weighted by molar-refractivity contribution is 0.102. The zero-order valence-corrected chi connectivity index (χ0v) is 18.9. The predicted octanol–water partition coefficient (Wildman–Crippen LogP) is 3.03. The number of aryl methyl sites for hydroxylation is 1. The Bertz CT molecular complexity index is 1290. The molecule has 0 unspecified atom stereocenters. The number of likely N-dealkylation sites (N-methyl/N-ethyl adjacent to an activating group) is 1. The molecule has 8 nitrogen and oxygen atoms in total. The fourth-order valence-corrected chi connectivity index (χ4v) is 4.08. The highest BCUT2D eigenvalue weighted by atomic mass is 16.1. The molecule has 1 amide bonds. The Morgan fingerprint density at radius 2 is 1.85 bits per heavy atom. The molecule has 8 heteroatoms. The van der Waals surface area contributed by atoms with Crippen molar-refractivity contribution in [2.24, 2.45) is 7.05 Å². The Balaban J connectivity index is 1.31. The van der Waals surface area contributed by atoms with Crippen molar-refractivity contribution >= 4 is 22.8 Å². The Morgan fingerprint density at radius 1 is 1.00 bits per heavy atom. The van der Waals surface area contributed by atoms with Crippen LogP contribution in [-0.4, -0.2) is 68.7 Å². The molecule has 0 bridgehead atoms. The van der Waals surface area contributed by atoms with Crippen LogP contribution in [0.3, 0.4) is 0 Å². The van der Waals surface area contributed by atoms with Crippen molar-refractivity contribution < 1.29 is 4.79 Å². The minimum atomic E-state index is -0.210. The summed E-state index contributed by atoms with van der Waals surface area (Å²) in [6.07, 6.45) is 5.51. The summed E-state index contributed by atoms with van der Waals surface area (Å²) in [4.78, 5) is 26.6. The average molecular weight is 442 g/mol. The molecule has 4 aromatic rings. The zero-order valence-electron chi connectivity index (χ0n) is 18.9. The Morgan fingerprint density at radius 3 is 2.64 bits per heavy atom. The molecule has 0 saturated carbocycles. The van der Waals surface area contributed by atoms with Gasteiger partial charge in [-0.1, -0.05) is 24.3 Å². The predicted molar refractivity (Wildman–Crippen MR) is 129 cm³/mol. The number of piperazine rings is 1. The second-order valence-electron chi connectivity index (χ2n) is 8.60. The van der Waals surface area contributed by atoms with Gasteiger partial charge >= 0.3 is 0 Å². The maximum atomic E-state index is 12.9. The van der Waals surface area contributed by atoms with E-state index in [1.807, 2.05) is 55.8 Å². The lowest BCUT2D eigenvalue weighted by Gasteiger charge is -2.32. The van der Waals surface area contributed by atoms with E-state index in [2.05, 4.69) is 43.3 Å². The summed E-state index contributed by atoms with van der Waals surface area (Å²) in [6, 6.07) is 13.8. The van der Waals surface area contributed by atoms with Gasteiger partial charge in [-0.25, -0.2) is 9.97 Å². The molecule has 1 aliphatic heterocycles. The van der Waals surface area contributed by atoms with Gasteiger partial charge in [0.15, 0.2) is 0 Å². The summed E-state index contributed by atoms with van der Waals surface area (Å²) in [5.41, 5.74) is 4.54. The van der Waals surface area contributed by atoms with E-state index in [9.17, 15) is 4.79 Å². The number of hydrogen-bond acceptors (Lipinski definition) is 6. The van der Waals surface area contributed by atoms with Crippen molar-refractivity contribution in [3.8, 4) is 11.1 Å². The minimum Gasteiger partial charge on any atom is -0.304 e. The molecule has 0 radical (unpaired) electrons. The Labute approximate surface area is 192 Å². The quantitative estimate of drug-likeness (QED) is 0.513. The van der Waals surface area contributed by atoms with Gasteiger partial charge in [-0.2, -0.15) is 5.10 Å². The highest BCUT2D eigenvalue weighted by Gasteiger charge is 2.15. The van der Waals surface area contributed by atoms with Crippen LogP contribution in [0.5, 0.6) is 0 Å². The van der Waals surface area contributed by atoms with Crippen molar-refractivity contribution in [3.63, 3.8) is 0 Å². The van der Waals surface area contributed by atoms with Gasteiger partial charge in [0, 0.05) is 68.7 Å². The van der Waals surface area contributed by atoms with Crippen LogP contribution in [0.4, 0.5) is 5.95 Å². The van der Waals surface area contributed by atoms with E-state index in [0.717, 1.165) is 60.3 Å². The third-order valence-corrected chi connectivity index (χ3v) is 6.04. The number of aromatic nitrogens is 4. The molecule has 2 aromatic carbocycles. The third-order valence-electron chi connectivity index (χ3n) is 6.04. The molecule has 2 aromatic heterocycles. The number of carbonyl (C=O) groups excluding carboxylic acids is 1. The molecule has 3 heterocycles. The number of fused-ring (bicyclic) bond motifs is 1. The smallest absolute Gasteiger partial charge is 0.258 e. The van der Waals surface area contributed by atoms with Crippen molar-refractivity contribution in [2.75, 3.05) is 38.5 Å². The van der Waals surface area contributed by atoms with Gasteiger partial charge in [-0.05, 0) is 36.4 Å². The number of amides is 1. The van der Waals surface area contributed by atoms with E-state index in [1.165, 1.54) is 0 Å². The molecule has 33 heavy (non-hydrogen) atoms. The molecular formula is C25H27N7O. The second-order valence-corrected chi connectivity index (χ2v) is 8.60. The topological polar surface area (TPSA) is 79.2 Å². The molecule has 5 rings (SSSR count). The van der Waals surface area contributed by atoms with Gasteiger partial charge in [0.25, 0.3) is 5.91 Å². The van der Waals surface area contributed by atoms with E-state index >= 15 is 0 Å². The normalized spacial score (nSPS) is 15.1. The van der Waals surface area contributed by atoms with E-state index < -0.39 is 0 Å². The number of nitrogens with zero attached hydrogens (tertiary/aromatic N) is 6. The largest absolute Gasteiger partial charge is 0.304 e. The zero-order chi connectivity index (χ0) is 22.8. The van der Waals surface area contributed by atoms with Crippen LogP contribution >= 0.6 is 0 Å². The van der Waals surface area contributed by atoms with Gasteiger partial charge in [0.05, 0.1) is 11.7 Å². The third kappa shape index (κ3) is 4.92. The number of nitrogens with one attached hydrogen (secondary N) is 1. The molecule has 1 aliphatic rings. The first kappa shape index (κ1) is 21.2. The summed E-state index contributed by atoms with van der Waals surface area (Å²) < 4.78 is 1.77. The van der Waals surface area contributed by atoms with Crippen LogP contribution in [0, 0.1) is 0 Å². The number of hydrogen-bond donors (Lipinski definition) is 1. The molecule has 1 fully saturated rings. The SMILES string of the molecule is CN1CCN(Cc2cccc(C(=O)Nc3ncc4ccc(-c5cnn(C)c5)cc4n3)c2)CC1. The van der Waals surface area contributed by atoms with Gasteiger partial charge in [-0.3, -0.25) is 19.7 Å². The number of anilines is 1. The molecule has 1 N–H and O–H groups in total.